The summed E-state index contributed by atoms with van der Waals surface area (Å²) in [5, 5.41) is 5.94. The van der Waals surface area contributed by atoms with Gasteiger partial charge in [-0.3, -0.25) is 0 Å². The molecular formula is C19H32N6O2S. The lowest BCUT2D eigenvalue weighted by atomic mass is 10.0. The predicted molar refractivity (Wildman–Crippen MR) is 112 cm³/mol. The summed E-state index contributed by atoms with van der Waals surface area (Å²) in [4.78, 5) is 11.4. The summed E-state index contributed by atoms with van der Waals surface area (Å²) in [7, 11) is -3.17. The Balaban J connectivity index is 1.90. The first-order valence-electron chi connectivity index (χ1n) is 10.2. The topological polar surface area (TPSA) is 93.0 Å². The van der Waals surface area contributed by atoms with Crippen LogP contribution in [0.3, 0.4) is 0 Å². The van der Waals surface area contributed by atoms with Gasteiger partial charge in [0.1, 0.15) is 12.1 Å². The Morgan fingerprint density at radius 2 is 1.96 bits per heavy atom. The second-order valence-corrected chi connectivity index (χ2v) is 9.95. The van der Waals surface area contributed by atoms with Gasteiger partial charge in [-0.2, -0.15) is 5.10 Å². The molecule has 0 aliphatic carbocycles. The van der Waals surface area contributed by atoms with E-state index in [1.54, 1.807) is 6.33 Å². The van der Waals surface area contributed by atoms with Crippen molar-refractivity contribution in [2.75, 3.05) is 24.2 Å². The molecule has 2 aromatic rings. The molecule has 2 aromatic heterocycles. The molecule has 1 fully saturated rings. The number of aryl methyl sites for hydroxylation is 1. The largest absolute Gasteiger partial charge is 0.356 e. The first kappa shape index (κ1) is 21.0. The Morgan fingerprint density at radius 1 is 1.25 bits per heavy atom. The van der Waals surface area contributed by atoms with Gasteiger partial charge < -0.3 is 4.90 Å². The second-order valence-electron chi connectivity index (χ2n) is 8.17. The van der Waals surface area contributed by atoms with E-state index in [9.17, 15) is 8.42 Å². The molecule has 1 N–H and O–H groups in total. The molecule has 0 radical (unpaired) electrons. The van der Waals surface area contributed by atoms with Gasteiger partial charge in [0.05, 0.1) is 17.3 Å². The van der Waals surface area contributed by atoms with E-state index >= 15 is 0 Å². The number of anilines is 1. The summed E-state index contributed by atoms with van der Waals surface area (Å²) < 4.78 is 27.8. The minimum absolute atomic E-state index is 0.00834. The number of aromatic nitrogens is 4. The Kier molecular flexibility index (Phi) is 6.54. The van der Waals surface area contributed by atoms with E-state index in [4.69, 9.17) is 5.10 Å². The van der Waals surface area contributed by atoms with Gasteiger partial charge >= 0.3 is 0 Å². The van der Waals surface area contributed by atoms with Gasteiger partial charge in [0, 0.05) is 25.7 Å². The number of rotatable bonds is 8. The zero-order chi connectivity index (χ0) is 20.3. The van der Waals surface area contributed by atoms with Gasteiger partial charge in [0.25, 0.3) is 0 Å². The van der Waals surface area contributed by atoms with Crippen molar-refractivity contribution >= 4 is 26.9 Å². The standard InChI is InChI=1S/C19H32N6O2S/c1-5-6-9-25-19-17(16(22-25)12-14(2)3)18(20-13-21-19)24-10-7-15(8-11-24)23-28(4,26)27/h13-15,23H,5-12H2,1-4H3. The van der Waals surface area contributed by atoms with Crippen LogP contribution < -0.4 is 9.62 Å². The fourth-order valence-corrected chi connectivity index (χ4v) is 4.65. The van der Waals surface area contributed by atoms with Crippen molar-refractivity contribution in [3.63, 3.8) is 0 Å². The fraction of sp³-hybridized carbons (Fsp3) is 0.737. The molecule has 0 aromatic carbocycles. The number of hydrogen-bond donors (Lipinski definition) is 1. The molecule has 0 amide bonds. The van der Waals surface area contributed by atoms with Crippen molar-refractivity contribution in [2.45, 2.75) is 65.5 Å². The molecule has 3 heterocycles. The van der Waals surface area contributed by atoms with Gasteiger partial charge in [-0.05, 0) is 31.6 Å². The lowest BCUT2D eigenvalue weighted by Crippen LogP contribution is -2.44. The molecule has 3 rings (SSSR count). The van der Waals surface area contributed by atoms with E-state index in [-0.39, 0.29) is 6.04 Å². The molecule has 0 unspecified atom stereocenters. The van der Waals surface area contributed by atoms with E-state index in [0.29, 0.717) is 5.92 Å². The van der Waals surface area contributed by atoms with Crippen molar-refractivity contribution in [3.05, 3.63) is 12.0 Å². The number of fused-ring (bicyclic) bond motifs is 1. The van der Waals surface area contributed by atoms with Crippen molar-refractivity contribution in [3.8, 4) is 0 Å². The van der Waals surface area contributed by atoms with Crippen molar-refractivity contribution < 1.29 is 8.42 Å². The van der Waals surface area contributed by atoms with Gasteiger partial charge in [-0.1, -0.05) is 27.2 Å². The summed E-state index contributed by atoms with van der Waals surface area (Å²) >= 11 is 0. The molecule has 1 aliphatic rings. The molecule has 1 aliphatic heterocycles. The number of nitrogens with zero attached hydrogens (tertiary/aromatic N) is 5. The van der Waals surface area contributed by atoms with Crippen LogP contribution in [0.15, 0.2) is 6.33 Å². The van der Waals surface area contributed by atoms with Crippen molar-refractivity contribution in [1.82, 2.24) is 24.5 Å². The molecule has 9 heteroatoms. The molecule has 0 spiro atoms. The van der Waals surface area contributed by atoms with Crippen molar-refractivity contribution in [1.29, 1.82) is 0 Å². The number of piperidine rings is 1. The molecular weight excluding hydrogens is 376 g/mol. The van der Waals surface area contributed by atoms with Crippen LogP contribution in [0.1, 0.15) is 52.1 Å². The minimum Gasteiger partial charge on any atom is -0.356 e. The first-order valence-corrected chi connectivity index (χ1v) is 12.1. The van der Waals surface area contributed by atoms with E-state index in [0.717, 1.165) is 74.3 Å². The zero-order valence-electron chi connectivity index (χ0n) is 17.3. The quantitative estimate of drug-likeness (QED) is 0.721. The Bertz CT molecular complexity index is 901. The third kappa shape index (κ3) is 5.00. The highest BCUT2D eigenvalue weighted by Gasteiger charge is 2.26. The van der Waals surface area contributed by atoms with E-state index in [1.165, 1.54) is 6.26 Å². The normalized spacial score (nSPS) is 16.4. The molecule has 1 saturated heterocycles. The molecule has 28 heavy (non-hydrogen) atoms. The van der Waals surface area contributed by atoms with E-state index in [2.05, 4.69) is 40.4 Å². The summed E-state index contributed by atoms with van der Waals surface area (Å²) in [6.07, 6.45) is 7.45. The molecule has 0 atom stereocenters. The SMILES string of the molecule is CCCCn1nc(CC(C)C)c2c(N3CCC(NS(C)(=O)=O)CC3)ncnc21. The first-order chi connectivity index (χ1) is 13.3. The van der Waals surface area contributed by atoms with Crippen LogP contribution in [0.25, 0.3) is 11.0 Å². The molecule has 0 bridgehead atoms. The smallest absolute Gasteiger partial charge is 0.208 e. The van der Waals surface area contributed by atoms with Crippen LogP contribution in [0.5, 0.6) is 0 Å². The predicted octanol–water partition coefficient (Wildman–Crippen LogP) is 2.34. The summed E-state index contributed by atoms with van der Waals surface area (Å²) in [6.45, 7) is 8.96. The maximum absolute atomic E-state index is 11.5. The average Bonchev–Trinajstić information content (AvgIpc) is 2.96. The number of sulfonamides is 1. The van der Waals surface area contributed by atoms with E-state index in [1.807, 2.05) is 4.68 Å². The molecule has 156 valence electrons. The third-order valence-corrected chi connectivity index (χ3v) is 5.84. The van der Waals surface area contributed by atoms with Gasteiger partial charge in [-0.25, -0.2) is 27.8 Å². The number of hydrogen-bond acceptors (Lipinski definition) is 6. The number of nitrogens with one attached hydrogen (secondary N) is 1. The third-order valence-electron chi connectivity index (χ3n) is 5.08. The molecule has 8 nitrogen and oxygen atoms in total. The lowest BCUT2D eigenvalue weighted by Gasteiger charge is -2.33. The van der Waals surface area contributed by atoms with Crippen LogP contribution in [0.4, 0.5) is 5.82 Å². The van der Waals surface area contributed by atoms with Crippen LogP contribution in [-0.4, -0.2) is 53.6 Å². The Labute approximate surface area is 167 Å². The van der Waals surface area contributed by atoms with Crippen LogP contribution in [0.2, 0.25) is 0 Å². The lowest BCUT2D eigenvalue weighted by molar-refractivity contribution is 0.460. The van der Waals surface area contributed by atoms with E-state index < -0.39 is 10.0 Å². The molecule has 0 saturated carbocycles. The van der Waals surface area contributed by atoms with Gasteiger partial charge in [-0.15, -0.1) is 0 Å². The zero-order valence-corrected chi connectivity index (χ0v) is 18.2. The Morgan fingerprint density at radius 3 is 2.57 bits per heavy atom. The Hall–Kier alpha value is -1.74. The highest BCUT2D eigenvalue weighted by molar-refractivity contribution is 7.88. The maximum Gasteiger partial charge on any atom is 0.208 e. The highest BCUT2D eigenvalue weighted by atomic mass is 32.2. The summed E-state index contributed by atoms with van der Waals surface area (Å²) in [6, 6.07) is -0.00834. The maximum atomic E-state index is 11.5. The van der Waals surface area contributed by atoms with Crippen molar-refractivity contribution in [2.24, 2.45) is 5.92 Å². The number of unbranched alkanes of at least 4 members (excludes halogenated alkanes) is 1. The minimum atomic E-state index is -3.17. The summed E-state index contributed by atoms with van der Waals surface area (Å²) in [5.41, 5.74) is 1.97. The van der Waals surface area contributed by atoms with Crippen LogP contribution in [-0.2, 0) is 23.0 Å². The monoisotopic (exact) mass is 408 g/mol. The second kappa shape index (κ2) is 8.73. The fourth-order valence-electron chi connectivity index (χ4n) is 3.81. The van der Waals surface area contributed by atoms with Crippen LogP contribution in [0, 0.1) is 5.92 Å². The van der Waals surface area contributed by atoms with Gasteiger partial charge in [0.2, 0.25) is 10.0 Å². The van der Waals surface area contributed by atoms with Gasteiger partial charge in [0.15, 0.2) is 5.65 Å². The van der Waals surface area contributed by atoms with Crippen LogP contribution >= 0.6 is 0 Å². The average molecular weight is 409 g/mol. The summed E-state index contributed by atoms with van der Waals surface area (Å²) in [5.74, 6) is 1.43. The highest BCUT2D eigenvalue weighted by Crippen LogP contribution is 2.30.